The monoisotopic (exact) mass is 196 g/mol. The summed E-state index contributed by atoms with van der Waals surface area (Å²) in [7, 11) is 0. The van der Waals surface area contributed by atoms with Crippen LogP contribution in [0.5, 0.6) is 0 Å². The maximum atomic E-state index is 3.60. The van der Waals surface area contributed by atoms with Gasteiger partial charge in [0.05, 0.1) is 0 Å². The first-order valence-electron chi connectivity index (χ1n) is 6.36. The highest BCUT2D eigenvalue weighted by molar-refractivity contribution is 4.74. The fraction of sp³-hybridized carbons (Fsp3) is 1.00. The zero-order chi connectivity index (χ0) is 9.64. The molecule has 0 aromatic heterocycles. The van der Waals surface area contributed by atoms with E-state index in [9.17, 15) is 0 Å². The molecule has 1 unspecified atom stereocenters. The second-order valence-corrected chi connectivity index (χ2v) is 5.00. The van der Waals surface area contributed by atoms with Crippen molar-refractivity contribution in [2.45, 2.75) is 38.5 Å². The Labute approximate surface area is 87.8 Å². The summed E-state index contributed by atoms with van der Waals surface area (Å²) in [5.74, 6) is 2.00. The predicted octanol–water partition coefficient (Wildman–Crippen LogP) is 1.77. The van der Waals surface area contributed by atoms with Gasteiger partial charge in [0.25, 0.3) is 0 Å². The molecule has 0 radical (unpaired) electrons. The van der Waals surface area contributed by atoms with Crippen molar-refractivity contribution in [1.29, 1.82) is 0 Å². The van der Waals surface area contributed by atoms with Gasteiger partial charge in [0, 0.05) is 0 Å². The zero-order valence-electron chi connectivity index (χ0n) is 9.23. The van der Waals surface area contributed by atoms with Crippen LogP contribution < -0.4 is 10.6 Å². The van der Waals surface area contributed by atoms with Crippen molar-refractivity contribution in [3.8, 4) is 0 Å². The summed E-state index contributed by atoms with van der Waals surface area (Å²) in [5, 5.41) is 7.06. The van der Waals surface area contributed by atoms with Gasteiger partial charge in [-0.25, -0.2) is 0 Å². The Bertz CT molecular complexity index is 148. The van der Waals surface area contributed by atoms with Crippen molar-refractivity contribution in [2.24, 2.45) is 11.8 Å². The van der Waals surface area contributed by atoms with Crippen LogP contribution in [0.3, 0.4) is 0 Å². The van der Waals surface area contributed by atoms with E-state index >= 15 is 0 Å². The summed E-state index contributed by atoms with van der Waals surface area (Å²) in [5.41, 5.74) is 0. The summed E-state index contributed by atoms with van der Waals surface area (Å²) in [6.45, 7) is 4.94. The number of hydrogen-bond acceptors (Lipinski definition) is 2. The van der Waals surface area contributed by atoms with Gasteiger partial charge < -0.3 is 10.6 Å². The van der Waals surface area contributed by atoms with Gasteiger partial charge in [-0.05, 0) is 63.7 Å². The van der Waals surface area contributed by atoms with Crippen molar-refractivity contribution in [3.63, 3.8) is 0 Å². The molecule has 2 heteroatoms. The normalized spacial score (nSPS) is 27.9. The third-order valence-corrected chi connectivity index (χ3v) is 3.49. The van der Waals surface area contributed by atoms with Crippen molar-refractivity contribution in [2.75, 3.05) is 26.2 Å². The molecule has 0 bridgehead atoms. The zero-order valence-corrected chi connectivity index (χ0v) is 9.23. The SMILES string of the molecule is C(CNCC1CCCNC1)CC1CC1. The molecule has 82 valence electrons. The summed E-state index contributed by atoms with van der Waals surface area (Å²) in [6, 6.07) is 0. The summed E-state index contributed by atoms with van der Waals surface area (Å²) >= 11 is 0. The van der Waals surface area contributed by atoms with Gasteiger partial charge >= 0.3 is 0 Å². The topological polar surface area (TPSA) is 24.1 Å². The lowest BCUT2D eigenvalue weighted by atomic mass is 10.00. The van der Waals surface area contributed by atoms with Crippen molar-refractivity contribution >= 4 is 0 Å². The summed E-state index contributed by atoms with van der Waals surface area (Å²) in [6.07, 6.45) is 8.66. The van der Waals surface area contributed by atoms with Crippen LogP contribution in [0, 0.1) is 11.8 Å². The Kier molecular flexibility index (Phi) is 4.26. The van der Waals surface area contributed by atoms with E-state index in [-0.39, 0.29) is 0 Å². The molecule has 1 heterocycles. The molecule has 2 rings (SSSR count). The van der Waals surface area contributed by atoms with Crippen molar-refractivity contribution < 1.29 is 0 Å². The van der Waals surface area contributed by atoms with Gasteiger partial charge in [-0.1, -0.05) is 12.8 Å². The lowest BCUT2D eigenvalue weighted by Crippen LogP contribution is -2.36. The minimum absolute atomic E-state index is 0.893. The minimum atomic E-state index is 0.893. The van der Waals surface area contributed by atoms with Crippen LogP contribution in [0.1, 0.15) is 38.5 Å². The molecule has 2 aliphatic rings. The summed E-state index contributed by atoms with van der Waals surface area (Å²) in [4.78, 5) is 0. The first-order valence-corrected chi connectivity index (χ1v) is 6.36. The maximum absolute atomic E-state index is 3.60. The minimum Gasteiger partial charge on any atom is -0.316 e. The molecule has 2 nitrogen and oxygen atoms in total. The molecule has 1 atom stereocenters. The highest BCUT2D eigenvalue weighted by Gasteiger charge is 2.20. The van der Waals surface area contributed by atoms with Crippen molar-refractivity contribution in [3.05, 3.63) is 0 Å². The smallest absolute Gasteiger partial charge is 0.000837 e. The molecular weight excluding hydrogens is 172 g/mol. The highest BCUT2D eigenvalue weighted by atomic mass is 14.9. The number of hydrogen-bond donors (Lipinski definition) is 2. The van der Waals surface area contributed by atoms with Crippen LogP contribution in [0.15, 0.2) is 0 Å². The van der Waals surface area contributed by atoms with E-state index in [1.165, 1.54) is 64.7 Å². The second kappa shape index (κ2) is 5.72. The van der Waals surface area contributed by atoms with Crippen LogP contribution >= 0.6 is 0 Å². The van der Waals surface area contributed by atoms with Gasteiger partial charge in [0.2, 0.25) is 0 Å². The summed E-state index contributed by atoms with van der Waals surface area (Å²) < 4.78 is 0. The number of piperidine rings is 1. The van der Waals surface area contributed by atoms with Gasteiger partial charge in [-0.15, -0.1) is 0 Å². The highest BCUT2D eigenvalue weighted by Crippen LogP contribution is 2.33. The second-order valence-electron chi connectivity index (χ2n) is 5.00. The quantitative estimate of drug-likeness (QED) is 0.633. The van der Waals surface area contributed by atoms with E-state index in [1.807, 2.05) is 0 Å². The third kappa shape index (κ3) is 3.97. The molecule has 0 aromatic rings. The Morgan fingerprint density at radius 3 is 2.79 bits per heavy atom. The molecule has 0 aromatic carbocycles. The molecule has 1 saturated heterocycles. The standard InChI is InChI=1S/C12H24N2/c1(3-11-5-6-11)7-13-9-12-4-2-8-14-10-12/h11-14H,1-10H2. The van der Waals surface area contributed by atoms with Crippen LogP contribution in [0.25, 0.3) is 0 Å². The Morgan fingerprint density at radius 1 is 1.14 bits per heavy atom. The van der Waals surface area contributed by atoms with E-state index in [0.717, 1.165) is 11.8 Å². The van der Waals surface area contributed by atoms with E-state index < -0.39 is 0 Å². The lowest BCUT2D eigenvalue weighted by Gasteiger charge is -2.22. The fourth-order valence-corrected chi connectivity index (χ4v) is 2.33. The molecule has 1 saturated carbocycles. The molecule has 2 N–H and O–H groups in total. The van der Waals surface area contributed by atoms with Crippen LogP contribution in [-0.2, 0) is 0 Å². The molecule has 1 aliphatic heterocycles. The molecule has 14 heavy (non-hydrogen) atoms. The third-order valence-electron chi connectivity index (χ3n) is 3.49. The Hall–Kier alpha value is -0.0800. The van der Waals surface area contributed by atoms with E-state index in [2.05, 4.69) is 10.6 Å². The molecule has 0 amide bonds. The molecule has 0 spiro atoms. The predicted molar refractivity (Wildman–Crippen MR) is 60.4 cm³/mol. The fourth-order valence-electron chi connectivity index (χ4n) is 2.33. The van der Waals surface area contributed by atoms with Gasteiger partial charge in [0.1, 0.15) is 0 Å². The van der Waals surface area contributed by atoms with Crippen molar-refractivity contribution in [1.82, 2.24) is 10.6 Å². The Balaban J connectivity index is 1.41. The first kappa shape index (κ1) is 10.4. The van der Waals surface area contributed by atoms with Gasteiger partial charge in [0.15, 0.2) is 0 Å². The molecule has 1 aliphatic carbocycles. The maximum Gasteiger partial charge on any atom is -0.000837 e. The van der Waals surface area contributed by atoms with E-state index in [0.29, 0.717) is 0 Å². The molecular formula is C12H24N2. The van der Waals surface area contributed by atoms with Crippen LogP contribution in [0.4, 0.5) is 0 Å². The van der Waals surface area contributed by atoms with Gasteiger partial charge in [-0.2, -0.15) is 0 Å². The number of nitrogens with one attached hydrogen (secondary N) is 2. The van der Waals surface area contributed by atoms with E-state index in [4.69, 9.17) is 0 Å². The Morgan fingerprint density at radius 2 is 2.07 bits per heavy atom. The van der Waals surface area contributed by atoms with E-state index in [1.54, 1.807) is 0 Å². The molecule has 2 fully saturated rings. The van der Waals surface area contributed by atoms with Crippen LogP contribution in [-0.4, -0.2) is 26.2 Å². The van der Waals surface area contributed by atoms with Crippen LogP contribution in [0.2, 0.25) is 0 Å². The lowest BCUT2D eigenvalue weighted by molar-refractivity contribution is 0.359. The number of rotatable bonds is 6. The first-order chi connectivity index (χ1) is 6.95. The largest absolute Gasteiger partial charge is 0.316 e. The average Bonchev–Trinajstić information content (AvgIpc) is 3.03. The van der Waals surface area contributed by atoms with Gasteiger partial charge in [-0.3, -0.25) is 0 Å². The average molecular weight is 196 g/mol.